The van der Waals surface area contributed by atoms with Gasteiger partial charge >= 0.3 is 5.97 Å². The van der Waals surface area contributed by atoms with Gasteiger partial charge in [0.15, 0.2) is 0 Å². The van der Waals surface area contributed by atoms with E-state index in [0.29, 0.717) is 0 Å². The first-order valence-electron chi connectivity index (χ1n) is 9.71. The van der Waals surface area contributed by atoms with Crippen LogP contribution >= 0.6 is 23.2 Å². The number of carbonyl (C=O) groups excluding carboxylic acids is 2. The van der Waals surface area contributed by atoms with Gasteiger partial charge in [-0.1, -0.05) is 65.7 Å². The van der Waals surface area contributed by atoms with Crippen molar-refractivity contribution in [2.24, 2.45) is 0 Å². The fourth-order valence-electron chi connectivity index (χ4n) is 3.07. The Hall–Kier alpha value is -2.91. The monoisotopic (exact) mass is 506 g/mol. The van der Waals surface area contributed by atoms with Crippen molar-refractivity contribution < 1.29 is 22.7 Å². The fourth-order valence-corrected chi connectivity index (χ4v) is 5.03. The van der Waals surface area contributed by atoms with Gasteiger partial charge in [0.1, 0.15) is 10.9 Å². The van der Waals surface area contributed by atoms with E-state index in [1.54, 1.807) is 42.5 Å². The minimum atomic E-state index is -4.22. The summed E-state index contributed by atoms with van der Waals surface area (Å²) in [5.41, 5.74) is 1.04. The number of hydrogen-bond acceptors (Lipinski definition) is 5. The smallest absolute Gasteiger partial charge is 0.339 e. The van der Waals surface area contributed by atoms with Gasteiger partial charge in [0.25, 0.3) is 0 Å². The molecule has 0 bridgehead atoms. The van der Waals surface area contributed by atoms with Crippen LogP contribution in [0.2, 0.25) is 10.0 Å². The summed E-state index contributed by atoms with van der Waals surface area (Å²) >= 11 is 12.0. The maximum Gasteiger partial charge on any atom is 0.339 e. The standard InChI is InChI=1S/C23H20Cl2N2O5S/c1-32-23(29)17-9-5-6-10-19(17)26-22(28)20(13-15-7-3-2-4-8-15)27-33(30,31)21-14-16(24)11-12-18(21)25/h2-12,14,20,27H,13H2,1H3,(H,26,28)/t20-/m0/s1. The highest BCUT2D eigenvalue weighted by molar-refractivity contribution is 7.89. The molecule has 0 aliphatic carbocycles. The summed E-state index contributed by atoms with van der Waals surface area (Å²) in [4.78, 5) is 25.0. The molecule has 0 aliphatic rings. The summed E-state index contributed by atoms with van der Waals surface area (Å²) in [6.07, 6.45) is 0.0461. The SMILES string of the molecule is COC(=O)c1ccccc1NC(=O)[C@H](Cc1ccccc1)NS(=O)(=O)c1cc(Cl)ccc1Cl. The Morgan fingerprint density at radius 3 is 2.33 bits per heavy atom. The van der Waals surface area contributed by atoms with Crippen molar-refractivity contribution in [1.29, 1.82) is 0 Å². The molecule has 1 amide bonds. The number of esters is 1. The molecule has 33 heavy (non-hydrogen) atoms. The third-order valence-electron chi connectivity index (χ3n) is 4.67. The van der Waals surface area contributed by atoms with E-state index in [0.717, 1.165) is 5.56 Å². The lowest BCUT2D eigenvalue weighted by atomic mass is 10.1. The van der Waals surface area contributed by atoms with E-state index in [1.807, 2.05) is 0 Å². The molecule has 0 spiro atoms. The van der Waals surface area contributed by atoms with Gasteiger partial charge in [0.2, 0.25) is 15.9 Å². The molecule has 0 radical (unpaired) electrons. The summed E-state index contributed by atoms with van der Waals surface area (Å²) in [6, 6.07) is 18.0. The highest BCUT2D eigenvalue weighted by Gasteiger charge is 2.28. The predicted molar refractivity (Wildman–Crippen MR) is 127 cm³/mol. The molecule has 3 rings (SSSR count). The normalized spacial score (nSPS) is 12.1. The molecule has 0 heterocycles. The van der Waals surface area contributed by atoms with E-state index in [9.17, 15) is 18.0 Å². The Morgan fingerprint density at radius 2 is 1.64 bits per heavy atom. The number of sulfonamides is 1. The molecule has 2 N–H and O–H groups in total. The van der Waals surface area contributed by atoms with E-state index in [1.165, 1.54) is 37.4 Å². The third-order valence-corrected chi connectivity index (χ3v) is 6.86. The van der Waals surface area contributed by atoms with Gasteiger partial charge in [0, 0.05) is 5.02 Å². The zero-order valence-electron chi connectivity index (χ0n) is 17.4. The van der Waals surface area contributed by atoms with Crippen molar-refractivity contribution in [2.45, 2.75) is 17.4 Å². The minimum Gasteiger partial charge on any atom is -0.465 e. The Balaban J connectivity index is 1.94. The van der Waals surface area contributed by atoms with Gasteiger partial charge in [-0.05, 0) is 42.3 Å². The Labute approximate surface area is 201 Å². The van der Waals surface area contributed by atoms with Gasteiger partial charge in [0.05, 0.1) is 23.4 Å². The van der Waals surface area contributed by atoms with Crippen molar-refractivity contribution >= 4 is 50.8 Å². The molecule has 10 heteroatoms. The lowest BCUT2D eigenvalue weighted by Crippen LogP contribution is -2.45. The van der Waals surface area contributed by atoms with Crippen LogP contribution in [0.4, 0.5) is 5.69 Å². The Bertz CT molecular complexity index is 1270. The summed E-state index contributed by atoms with van der Waals surface area (Å²) < 4.78 is 33.3. The summed E-state index contributed by atoms with van der Waals surface area (Å²) in [7, 11) is -3.00. The van der Waals surface area contributed by atoms with Gasteiger partial charge < -0.3 is 10.1 Å². The number of halogens is 2. The molecule has 0 aliphatic heterocycles. The quantitative estimate of drug-likeness (QED) is 0.443. The van der Waals surface area contributed by atoms with Crippen LogP contribution < -0.4 is 10.0 Å². The minimum absolute atomic E-state index is 0.0400. The van der Waals surface area contributed by atoms with E-state index in [-0.39, 0.29) is 32.6 Å². The molecular weight excluding hydrogens is 487 g/mol. The number of ether oxygens (including phenoxy) is 1. The third kappa shape index (κ3) is 6.33. The number of anilines is 1. The number of methoxy groups -OCH3 is 1. The van der Waals surface area contributed by atoms with Crippen molar-refractivity contribution in [3.8, 4) is 0 Å². The first kappa shape index (κ1) is 24.7. The Morgan fingerprint density at radius 1 is 0.970 bits per heavy atom. The van der Waals surface area contributed by atoms with Crippen molar-refractivity contribution in [2.75, 3.05) is 12.4 Å². The molecule has 0 saturated heterocycles. The average Bonchev–Trinajstić information content (AvgIpc) is 2.80. The van der Waals surface area contributed by atoms with Crippen LogP contribution in [0.1, 0.15) is 15.9 Å². The van der Waals surface area contributed by atoms with Crippen molar-refractivity contribution in [1.82, 2.24) is 4.72 Å². The molecule has 1 atom stereocenters. The maximum absolute atomic E-state index is 13.2. The molecular formula is C23H20Cl2N2O5S. The van der Waals surface area contributed by atoms with Crippen molar-refractivity contribution in [3.63, 3.8) is 0 Å². The number of hydrogen-bond donors (Lipinski definition) is 2. The molecule has 3 aromatic carbocycles. The van der Waals surface area contributed by atoms with Gasteiger partial charge in [-0.2, -0.15) is 4.72 Å². The fraction of sp³-hybridized carbons (Fsp3) is 0.130. The second-order valence-electron chi connectivity index (χ2n) is 6.96. The highest BCUT2D eigenvalue weighted by atomic mass is 35.5. The lowest BCUT2D eigenvalue weighted by molar-refractivity contribution is -0.117. The number of carbonyl (C=O) groups is 2. The van der Waals surface area contributed by atoms with E-state index >= 15 is 0 Å². The Kier molecular flexibility index (Phi) is 8.10. The zero-order valence-corrected chi connectivity index (χ0v) is 19.7. The molecule has 172 valence electrons. The lowest BCUT2D eigenvalue weighted by Gasteiger charge is -2.20. The second kappa shape index (κ2) is 10.8. The van der Waals surface area contributed by atoms with Crippen LogP contribution in [-0.2, 0) is 26.0 Å². The van der Waals surface area contributed by atoms with E-state index in [4.69, 9.17) is 27.9 Å². The largest absolute Gasteiger partial charge is 0.465 e. The second-order valence-corrected chi connectivity index (χ2v) is 9.49. The van der Waals surface area contributed by atoms with E-state index in [2.05, 4.69) is 10.0 Å². The number of benzene rings is 3. The van der Waals surface area contributed by atoms with Crippen molar-refractivity contribution in [3.05, 3.63) is 94.0 Å². The van der Waals surface area contributed by atoms with Gasteiger partial charge in [-0.15, -0.1) is 0 Å². The number of amides is 1. The van der Waals surface area contributed by atoms with Gasteiger partial charge in [-0.25, -0.2) is 13.2 Å². The average molecular weight is 507 g/mol. The highest BCUT2D eigenvalue weighted by Crippen LogP contribution is 2.25. The van der Waals surface area contributed by atoms with Gasteiger partial charge in [-0.3, -0.25) is 4.79 Å². The molecule has 0 fully saturated rings. The number of rotatable bonds is 8. The predicted octanol–water partition coefficient (Wildman–Crippen LogP) is 4.31. The molecule has 0 saturated carbocycles. The molecule has 3 aromatic rings. The molecule has 0 unspecified atom stereocenters. The molecule has 0 aromatic heterocycles. The molecule has 7 nitrogen and oxygen atoms in total. The van der Waals surface area contributed by atoms with Crippen LogP contribution in [0.25, 0.3) is 0 Å². The topological polar surface area (TPSA) is 102 Å². The first-order chi connectivity index (χ1) is 15.7. The number of para-hydroxylation sites is 1. The summed E-state index contributed by atoms with van der Waals surface area (Å²) in [5, 5.41) is 2.76. The van der Waals surface area contributed by atoms with Crippen LogP contribution in [0, 0.1) is 0 Å². The summed E-state index contributed by atoms with van der Waals surface area (Å²) in [5.74, 6) is -1.31. The summed E-state index contributed by atoms with van der Waals surface area (Å²) in [6.45, 7) is 0. The maximum atomic E-state index is 13.2. The van der Waals surface area contributed by atoms with Crippen LogP contribution in [0.3, 0.4) is 0 Å². The van der Waals surface area contributed by atoms with Crippen LogP contribution in [0.15, 0.2) is 77.7 Å². The first-order valence-corrected chi connectivity index (χ1v) is 11.9. The van der Waals surface area contributed by atoms with Crippen LogP contribution in [-0.4, -0.2) is 33.4 Å². The van der Waals surface area contributed by atoms with Crippen LogP contribution in [0.5, 0.6) is 0 Å². The van der Waals surface area contributed by atoms with E-state index < -0.39 is 27.9 Å². The zero-order chi connectivity index (χ0) is 24.0. The number of nitrogens with one attached hydrogen (secondary N) is 2.